The second kappa shape index (κ2) is 9.59. The molecule has 164 valence electrons. The van der Waals surface area contributed by atoms with Gasteiger partial charge in [-0.25, -0.2) is 0 Å². The molecule has 1 N–H and O–H groups in total. The van der Waals surface area contributed by atoms with Gasteiger partial charge in [-0.1, -0.05) is 37.1 Å². The number of hydrogen-bond acceptors (Lipinski definition) is 4. The van der Waals surface area contributed by atoms with Gasteiger partial charge in [-0.3, -0.25) is 19.3 Å². The number of benzene rings is 1. The molecule has 6 nitrogen and oxygen atoms in total. The van der Waals surface area contributed by atoms with Crippen molar-refractivity contribution in [3.05, 3.63) is 35.4 Å². The number of nitrogens with one attached hydrogen (secondary N) is 1. The van der Waals surface area contributed by atoms with Crippen LogP contribution in [0.5, 0.6) is 0 Å². The van der Waals surface area contributed by atoms with Crippen LogP contribution in [0.1, 0.15) is 43.2 Å². The molecule has 1 aromatic rings. The highest BCUT2D eigenvalue weighted by Gasteiger charge is 2.47. The summed E-state index contributed by atoms with van der Waals surface area (Å²) in [6.07, 6.45) is -0.902. The molecule has 0 aromatic heterocycles. The molecule has 2 unspecified atom stereocenters. The van der Waals surface area contributed by atoms with Crippen LogP contribution in [0.2, 0.25) is 0 Å². The van der Waals surface area contributed by atoms with Crippen LogP contribution < -0.4 is 5.32 Å². The number of halogens is 3. The molecule has 2 fully saturated rings. The summed E-state index contributed by atoms with van der Waals surface area (Å²) in [5.41, 5.74) is 1.38. The fourth-order valence-corrected chi connectivity index (χ4v) is 3.99. The minimum absolute atomic E-state index is 0.0420. The molecule has 2 aliphatic rings. The van der Waals surface area contributed by atoms with Crippen LogP contribution in [0, 0.1) is 11.8 Å². The van der Waals surface area contributed by atoms with Gasteiger partial charge >= 0.3 is 6.18 Å². The van der Waals surface area contributed by atoms with Crippen molar-refractivity contribution in [3.63, 3.8) is 0 Å². The minimum atomic E-state index is -4.35. The number of hydrogen-bond donors (Lipinski definition) is 1. The topological polar surface area (TPSA) is 75.7 Å². The Kier molecular flexibility index (Phi) is 7.12. The van der Waals surface area contributed by atoms with E-state index in [0.29, 0.717) is 5.56 Å². The van der Waals surface area contributed by atoms with E-state index in [9.17, 15) is 27.6 Å². The Bertz CT molecular complexity index is 755. The molecule has 1 aromatic carbocycles. The number of ether oxygens (including phenoxy) is 1. The molecule has 1 saturated heterocycles. The van der Waals surface area contributed by atoms with Crippen LogP contribution in [-0.4, -0.2) is 41.9 Å². The van der Waals surface area contributed by atoms with Crippen LogP contribution in [0.4, 0.5) is 13.2 Å². The number of imide groups is 1. The lowest BCUT2D eigenvalue weighted by Gasteiger charge is -2.19. The Morgan fingerprint density at radius 1 is 1.03 bits per heavy atom. The molecule has 1 saturated carbocycles. The lowest BCUT2D eigenvalue weighted by atomic mass is 9.81. The van der Waals surface area contributed by atoms with Crippen molar-refractivity contribution < 1.29 is 32.3 Å². The number of likely N-dealkylation sites (tertiary alicyclic amines) is 1. The first-order valence-corrected chi connectivity index (χ1v) is 10.1. The summed E-state index contributed by atoms with van der Waals surface area (Å²) in [4.78, 5) is 38.2. The summed E-state index contributed by atoms with van der Waals surface area (Å²) in [6, 6.07) is 6.68. The molecule has 9 heteroatoms. The summed E-state index contributed by atoms with van der Waals surface area (Å²) < 4.78 is 40.8. The zero-order chi connectivity index (χ0) is 21.7. The van der Waals surface area contributed by atoms with E-state index in [1.54, 1.807) is 24.3 Å². The maximum atomic E-state index is 12.4. The summed E-state index contributed by atoms with van der Waals surface area (Å²) in [6.45, 7) is -1.11. The van der Waals surface area contributed by atoms with Crippen molar-refractivity contribution in [3.8, 4) is 0 Å². The first-order chi connectivity index (χ1) is 14.2. The third-order valence-corrected chi connectivity index (χ3v) is 5.54. The predicted octanol–water partition coefficient (Wildman–Crippen LogP) is 2.95. The van der Waals surface area contributed by atoms with Gasteiger partial charge < -0.3 is 10.1 Å². The van der Waals surface area contributed by atoms with Gasteiger partial charge in [0, 0.05) is 19.5 Å². The molecule has 1 heterocycles. The maximum absolute atomic E-state index is 12.4. The molecule has 0 spiro atoms. The van der Waals surface area contributed by atoms with Crippen molar-refractivity contribution in [2.75, 3.05) is 13.2 Å². The number of alkyl halides is 3. The van der Waals surface area contributed by atoms with Crippen molar-refractivity contribution in [2.24, 2.45) is 11.8 Å². The molecule has 3 amide bonds. The number of fused-ring (bicyclic) bond motifs is 1. The Balaban J connectivity index is 1.39. The van der Waals surface area contributed by atoms with Crippen LogP contribution >= 0.6 is 0 Å². The first-order valence-electron chi connectivity index (χ1n) is 10.1. The third-order valence-electron chi connectivity index (χ3n) is 5.54. The highest BCUT2D eigenvalue weighted by molar-refractivity contribution is 6.05. The van der Waals surface area contributed by atoms with E-state index in [2.05, 4.69) is 10.1 Å². The fourth-order valence-electron chi connectivity index (χ4n) is 3.99. The number of rotatable bonds is 8. The van der Waals surface area contributed by atoms with Gasteiger partial charge in [0.1, 0.15) is 6.61 Å². The molecular weight excluding hydrogens is 401 g/mol. The molecular formula is C21H25F3N2O4. The van der Waals surface area contributed by atoms with Crippen LogP contribution in [-0.2, 0) is 32.3 Å². The van der Waals surface area contributed by atoms with Crippen LogP contribution in [0.3, 0.4) is 0 Å². The zero-order valence-corrected chi connectivity index (χ0v) is 16.5. The Hall–Kier alpha value is -2.42. The van der Waals surface area contributed by atoms with Crippen molar-refractivity contribution in [2.45, 2.75) is 51.4 Å². The second-order valence-corrected chi connectivity index (χ2v) is 7.78. The number of carbonyl (C=O) groups is 3. The van der Waals surface area contributed by atoms with E-state index in [-0.39, 0.29) is 55.7 Å². The lowest BCUT2D eigenvalue weighted by molar-refractivity contribution is -0.176. The molecule has 3 rings (SSSR count). The van der Waals surface area contributed by atoms with E-state index in [1.807, 2.05) is 0 Å². The highest BCUT2D eigenvalue weighted by atomic mass is 19.4. The van der Waals surface area contributed by atoms with E-state index >= 15 is 0 Å². The van der Waals surface area contributed by atoms with Crippen molar-refractivity contribution >= 4 is 17.7 Å². The minimum Gasteiger partial charge on any atom is -0.367 e. The van der Waals surface area contributed by atoms with E-state index in [1.165, 1.54) is 4.90 Å². The zero-order valence-electron chi connectivity index (χ0n) is 16.5. The first kappa shape index (κ1) is 22.3. The van der Waals surface area contributed by atoms with Crippen molar-refractivity contribution in [1.29, 1.82) is 0 Å². The standard InChI is InChI=1S/C21H25F3N2O4/c22-21(23,24)13-30-12-15-7-5-14(6-8-15)11-25-18(27)9-10-26-19(28)16-3-1-2-4-17(16)20(26)29/h5-8,16-17H,1-4,9-13H2,(H,25,27). The van der Waals surface area contributed by atoms with Gasteiger partial charge in [0.15, 0.2) is 0 Å². The normalized spacial score (nSPS) is 21.6. The van der Waals surface area contributed by atoms with Gasteiger partial charge in [0.05, 0.1) is 18.4 Å². The summed E-state index contributed by atoms with van der Waals surface area (Å²) in [5.74, 6) is -1.01. The number of carbonyl (C=O) groups excluding carboxylic acids is 3. The Morgan fingerprint density at radius 2 is 1.60 bits per heavy atom. The van der Waals surface area contributed by atoms with Gasteiger partial charge in [-0.15, -0.1) is 0 Å². The summed E-state index contributed by atoms with van der Waals surface area (Å²) >= 11 is 0. The van der Waals surface area contributed by atoms with E-state index < -0.39 is 12.8 Å². The average Bonchev–Trinajstić information content (AvgIpc) is 2.95. The second-order valence-electron chi connectivity index (χ2n) is 7.78. The lowest BCUT2D eigenvalue weighted by Crippen LogP contribution is -2.35. The maximum Gasteiger partial charge on any atom is 0.411 e. The Labute approximate surface area is 172 Å². The average molecular weight is 426 g/mol. The van der Waals surface area contributed by atoms with E-state index in [0.717, 1.165) is 31.2 Å². The quantitative estimate of drug-likeness (QED) is 0.649. The fraction of sp³-hybridized carbons (Fsp3) is 0.571. The molecule has 30 heavy (non-hydrogen) atoms. The summed E-state index contributed by atoms with van der Waals surface area (Å²) in [7, 11) is 0. The number of amides is 3. The smallest absolute Gasteiger partial charge is 0.367 e. The largest absolute Gasteiger partial charge is 0.411 e. The molecule has 0 radical (unpaired) electrons. The van der Waals surface area contributed by atoms with Gasteiger partial charge in [-0.2, -0.15) is 13.2 Å². The third kappa shape index (κ3) is 5.81. The molecule has 2 atom stereocenters. The molecule has 1 aliphatic heterocycles. The van der Waals surface area contributed by atoms with E-state index in [4.69, 9.17) is 0 Å². The van der Waals surface area contributed by atoms with Gasteiger partial charge in [-0.05, 0) is 24.0 Å². The number of nitrogens with zero attached hydrogens (tertiary/aromatic N) is 1. The Morgan fingerprint density at radius 3 is 2.17 bits per heavy atom. The van der Waals surface area contributed by atoms with Crippen LogP contribution in [0.15, 0.2) is 24.3 Å². The monoisotopic (exact) mass is 426 g/mol. The van der Waals surface area contributed by atoms with Crippen LogP contribution in [0.25, 0.3) is 0 Å². The molecule has 0 bridgehead atoms. The summed E-state index contributed by atoms with van der Waals surface area (Å²) in [5, 5.41) is 2.73. The SMILES string of the molecule is O=C(CCN1C(=O)C2CCCCC2C1=O)NCc1ccc(COCC(F)(F)F)cc1. The highest BCUT2D eigenvalue weighted by Crippen LogP contribution is 2.37. The van der Waals surface area contributed by atoms with Gasteiger partial charge in [0.25, 0.3) is 0 Å². The van der Waals surface area contributed by atoms with Crippen molar-refractivity contribution in [1.82, 2.24) is 10.2 Å². The molecule has 1 aliphatic carbocycles. The van der Waals surface area contributed by atoms with Gasteiger partial charge in [0.2, 0.25) is 17.7 Å². The predicted molar refractivity (Wildman–Crippen MR) is 101 cm³/mol.